The normalized spacial score (nSPS) is 33.5. The molecule has 5 atom stereocenters. The Labute approximate surface area is 154 Å². The number of cyclic esters (lactones) is 2. The zero-order chi connectivity index (χ0) is 19.2. The summed E-state index contributed by atoms with van der Waals surface area (Å²) in [5.74, 6) is -4.14. The lowest BCUT2D eigenvalue weighted by atomic mass is 9.69. The number of benzene rings is 1. The van der Waals surface area contributed by atoms with Gasteiger partial charge in [0.05, 0.1) is 18.3 Å². The lowest BCUT2D eigenvalue weighted by Crippen LogP contribution is -2.47. The Morgan fingerprint density at radius 1 is 1.15 bits per heavy atom. The van der Waals surface area contributed by atoms with Crippen molar-refractivity contribution in [2.24, 2.45) is 17.8 Å². The van der Waals surface area contributed by atoms with Gasteiger partial charge in [0, 0.05) is 12.8 Å². The number of carbonyl (C=O) groups excluding carboxylic acids is 4. The Balaban J connectivity index is 1.50. The van der Waals surface area contributed by atoms with Gasteiger partial charge in [0.15, 0.2) is 0 Å². The molecule has 0 amide bonds. The second-order valence-electron chi connectivity index (χ2n) is 7.10. The van der Waals surface area contributed by atoms with Gasteiger partial charge in [0.25, 0.3) is 0 Å². The van der Waals surface area contributed by atoms with Crippen LogP contribution in [-0.4, -0.2) is 48.8 Å². The first-order chi connectivity index (χ1) is 12.9. The lowest BCUT2D eigenvalue weighted by molar-refractivity contribution is -0.165. The van der Waals surface area contributed by atoms with Crippen molar-refractivity contribution in [3.05, 3.63) is 35.9 Å². The van der Waals surface area contributed by atoms with E-state index in [4.69, 9.17) is 18.9 Å². The number of esters is 4. The molecule has 8 heteroatoms. The monoisotopic (exact) mass is 374 g/mol. The number of rotatable bonds is 5. The molecule has 3 aliphatic rings. The Kier molecular flexibility index (Phi) is 4.22. The van der Waals surface area contributed by atoms with Crippen LogP contribution >= 0.6 is 0 Å². The van der Waals surface area contributed by atoms with Crippen molar-refractivity contribution in [1.82, 2.24) is 0 Å². The van der Waals surface area contributed by atoms with Crippen molar-refractivity contribution < 1.29 is 38.1 Å². The first kappa shape index (κ1) is 17.7. The van der Waals surface area contributed by atoms with E-state index < -0.39 is 47.4 Å². The van der Waals surface area contributed by atoms with Crippen LogP contribution in [-0.2, 0) is 33.3 Å². The molecule has 27 heavy (non-hydrogen) atoms. The maximum absolute atomic E-state index is 12.2. The topological polar surface area (TPSA) is 105 Å². The smallest absolute Gasteiger partial charge is 0.338 e. The third-order valence-electron chi connectivity index (χ3n) is 5.41. The second kappa shape index (κ2) is 6.45. The molecule has 0 saturated carbocycles. The highest BCUT2D eigenvalue weighted by molar-refractivity contribution is 5.98. The number of hydrogen-bond donors (Lipinski definition) is 0. The maximum atomic E-state index is 12.2. The van der Waals surface area contributed by atoms with E-state index in [1.54, 1.807) is 30.3 Å². The average Bonchev–Trinajstić information content (AvgIpc) is 3.28. The Bertz CT molecular complexity index is 803. The third-order valence-corrected chi connectivity index (χ3v) is 5.41. The molecular formula is C19H18O8. The number of carbonyl (C=O) groups is 4. The van der Waals surface area contributed by atoms with E-state index in [1.807, 2.05) is 0 Å². The summed E-state index contributed by atoms with van der Waals surface area (Å²) >= 11 is 0. The number of hydrogen-bond acceptors (Lipinski definition) is 8. The van der Waals surface area contributed by atoms with Gasteiger partial charge in [-0.05, 0) is 18.6 Å². The predicted molar refractivity (Wildman–Crippen MR) is 87.1 cm³/mol. The van der Waals surface area contributed by atoms with E-state index in [9.17, 15) is 19.2 Å². The summed E-state index contributed by atoms with van der Waals surface area (Å²) in [4.78, 5) is 47.6. The van der Waals surface area contributed by atoms with Gasteiger partial charge < -0.3 is 18.9 Å². The quantitative estimate of drug-likeness (QED) is 0.425. The zero-order valence-corrected chi connectivity index (χ0v) is 14.6. The zero-order valence-electron chi connectivity index (χ0n) is 14.6. The van der Waals surface area contributed by atoms with Gasteiger partial charge in [-0.1, -0.05) is 18.2 Å². The van der Waals surface area contributed by atoms with Gasteiger partial charge in [-0.3, -0.25) is 14.4 Å². The largest absolute Gasteiger partial charge is 0.463 e. The van der Waals surface area contributed by atoms with E-state index in [2.05, 4.69) is 0 Å². The molecule has 1 aromatic rings. The van der Waals surface area contributed by atoms with Crippen LogP contribution in [0.3, 0.4) is 0 Å². The minimum atomic E-state index is -1.12. The van der Waals surface area contributed by atoms with Crippen LogP contribution in [0.5, 0.6) is 0 Å². The molecule has 142 valence electrons. The minimum Gasteiger partial charge on any atom is -0.463 e. The maximum Gasteiger partial charge on any atom is 0.338 e. The van der Waals surface area contributed by atoms with Crippen LogP contribution in [0.2, 0.25) is 0 Å². The van der Waals surface area contributed by atoms with Crippen LogP contribution in [0, 0.1) is 17.8 Å². The molecule has 2 bridgehead atoms. The molecule has 3 saturated heterocycles. The fraction of sp³-hybridized carbons (Fsp3) is 0.474. The van der Waals surface area contributed by atoms with Gasteiger partial charge in [-0.15, -0.1) is 0 Å². The predicted octanol–water partition coefficient (Wildman–Crippen LogP) is 0.880. The molecule has 0 N–H and O–H groups in total. The van der Waals surface area contributed by atoms with Crippen LogP contribution in [0.1, 0.15) is 23.7 Å². The molecule has 2 unspecified atom stereocenters. The van der Waals surface area contributed by atoms with Gasteiger partial charge in [0.2, 0.25) is 0 Å². The van der Waals surface area contributed by atoms with Crippen molar-refractivity contribution in [2.75, 3.05) is 13.2 Å². The lowest BCUT2D eigenvalue weighted by Gasteiger charge is -2.31. The average molecular weight is 374 g/mol. The molecule has 8 nitrogen and oxygen atoms in total. The van der Waals surface area contributed by atoms with E-state index in [-0.39, 0.29) is 19.1 Å². The highest BCUT2D eigenvalue weighted by Crippen LogP contribution is 2.57. The molecule has 3 heterocycles. The SMILES string of the molecule is CC(=O)OC[C@]12C[C@@H](COC(=O)c3ccccc3)[C@@H](O1)C1C(=O)OC(=O)C12. The molecule has 0 aromatic heterocycles. The first-order valence-electron chi connectivity index (χ1n) is 8.70. The van der Waals surface area contributed by atoms with Crippen molar-refractivity contribution in [1.29, 1.82) is 0 Å². The number of fused-ring (bicyclic) bond motifs is 5. The summed E-state index contributed by atoms with van der Waals surface area (Å²) in [5, 5.41) is 0. The van der Waals surface area contributed by atoms with Crippen LogP contribution < -0.4 is 0 Å². The molecular weight excluding hydrogens is 356 g/mol. The van der Waals surface area contributed by atoms with Crippen molar-refractivity contribution in [3.63, 3.8) is 0 Å². The second-order valence-corrected chi connectivity index (χ2v) is 7.10. The first-order valence-corrected chi connectivity index (χ1v) is 8.70. The van der Waals surface area contributed by atoms with E-state index in [1.165, 1.54) is 6.92 Å². The molecule has 4 rings (SSSR count). The van der Waals surface area contributed by atoms with Gasteiger partial charge >= 0.3 is 23.9 Å². The molecule has 1 aromatic carbocycles. The Hall–Kier alpha value is -2.74. The van der Waals surface area contributed by atoms with Crippen LogP contribution in [0.15, 0.2) is 30.3 Å². The number of ether oxygens (including phenoxy) is 4. The van der Waals surface area contributed by atoms with Gasteiger partial charge in [0.1, 0.15) is 24.0 Å². The van der Waals surface area contributed by atoms with Gasteiger partial charge in [-0.2, -0.15) is 0 Å². The summed E-state index contributed by atoms with van der Waals surface area (Å²) in [7, 11) is 0. The highest BCUT2D eigenvalue weighted by atomic mass is 16.6. The van der Waals surface area contributed by atoms with Crippen molar-refractivity contribution >= 4 is 23.9 Å². The molecule has 0 spiro atoms. The molecule has 3 aliphatic heterocycles. The molecule has 0 radical (unpaired) electrons. The summed E-state index contributed by atoms with van der Waals surface area (Å²) < 4.78 is 21.2. The van der Waals surface area contributed by atoms with Crippen LogP contribution in [0.25, 0.3) is 0 Å². The summed E-state index contributed by atoms with van der Waals surface area (Å²) in [6.07, 6.45) is -0.288. The highest BCUT2D eigenvalue weighted by Gasteiger charge is 2.72. The summed E-state index contributed by atoms with van der Waals surface area (Å²) in [6, 6.07) is 8.55. The fourth-order valence-corrected chi connectivity index (χ4v) is 4.32. The standard InChI is InChI=1S/C19H18O8/c1-10(20)25-9-19-7-12(8-24-16(21)11-5-3-2-4-6-11)15(27-19)13-14(19)18(23)26-17(13)22/h2-6,12-15H,7-9H2,1H3/t12-,13?,14?,15+,19-/m0/s1. The van der Waals surface area contributed by atoms with Crippen LogP contribution in [0.4, 0.5) is 0 Å². The van der Waals surface area contributed by atoms with E-state index >= 15 is 0 Å². The van der Waals surface area contributed by atoms with Crippen molar-refractivity contribution in [3.8, 4) is 0 Å². The van der Waals surface area contributed by atoms with Crippen molar-refractivity contribution in [2.45, 2.75) is 25.0 Å². The summed E-state index contributed by atoms with van der Waals surface area (Å²) in [6.45, 7) is 1.14. The Morgan fingerprint density at radius 3 is 2.59 bits per heavy atom. The van der Waals surface area contributed by atoms with Gasteiger partial charge in [-0.25, -0.2) is 4.79 Å². The van der Waals surface area contributed by atoms with E-state index in [0.29, 0.717) is 12.0 Å². The Morgan fingerprint density at radius 2 is 1.89 bits per heavy atom. The molecule has 3 fully saturated rings. The third kappa shape index (κ3) is 2.90. The summed E-state index contributed by atoms with van der Waals surface area (Å²) in [5.41, 5.74) is -0.696. The minimum absolute atomic E-state index is 0.0326. The molecule has 0 aliphatic carbocycles. The van der Waals surface area contributed by atoms with E-state index in [0.717, 1.165) is 0 Å². The fourth-order valence-electron chi connectivity index (χ4n) is 4.32.